The molecular weight excluding hydrogens is 597 g/mol. The maximum atomic E-state index is 15.5. The molecule has 2 fully saturated rings. The van der Waals surface area contributed by atoms with Gasteiger partial charge in [-0.25, -0.2) is 13.2 Å². The Balaban J connectivity index is 1.11. The van der Waals surface area contributed by atoms with Gasteiger partial charge in [-0.2, -0.15) is 0 Å². The minimum absolute atomic E-state index is 0.118. The summed E-state index contributed by atoms with van der Waals surface area (Å²) in [5.41, 5.74) is 3.93. The van der Waals surface area contributed by atoms with Crippen molar-refractivity contribution in [2.45, 2.75) is 155 Å². The van der Waals surface area contributed by atoms with Gasteiger partial charge in [0.05, 0.1) is 0 Å². The lowest BCUT2D eigenvalue weighted by Crippen LogP contribution is -2.25. The molecule has 3 aromatic carbocycles. The average Bonchev–Trinajstić information content (AvgIpc) is 3.12. The van der Waals surface area contributed by atoms with Gasteiger partial charge in [-0.1, -0.05) is 146 Å². The summed E-state index contributed by atoms with van der Waals surface area (Å²) in [5, 5.41) is 0. The van der Waals surface area contributed by atoms with E-state index in [4.69, 9.17) is 0 Å². The van der Waals surface area contributed by atoms with E-state index in [1.165, 1.54) is 96.3 Å². The molecule has 0 nitrogen and oxygen atoms in total. The van der Waals surface area contributed by atoms with Gasteiger partial charge >= 0.3 is 0 Å². The summed E-state index contributed by atoms with van der Waals surface area (Å²) in [5.74, 6) is 1.34. The molecule has 0 heterocycles. The summed E-state index contributed by atoms with van der Waals surface area (Å²) in [6.07, 6.45) is 25.8. The van der Waals surface area contributed by atoms with Crippen molar-refractivity contribution in [3.8, 4) is 22.3 Å². The lowest BCUT2D eigenvalue weighted by Gasteiger charge is -2.38. The van der Waals surface area contributed by atoms with E-state index in [1.807, 2.05) is 36.4 Å². The second kappa shape index (κ2) is 19.0. The van der Waals surface area contributed by atoms with E-state index >= 15 is 13.2 Å². The smallest absolute Gasteiger partial charge is 0.166 e. The molecule has 0 aliphatic heterocycles. The number of benzene rings is 3. The van der Waals surface area contributed by atoms with Crippen LogP contribution in [0.4, 0.5) is 13.2 Å². The highest BCUT2D eigenvalue weighted by molar-refractivity contribution is 5.71. The van der Waals surface area contributed by atoms with E-state index in [-0.39, 0.29) is 11.4 Å². The normalized spacial score (nSPS) is 21.4. The van der Waals surface area contributed by atoms with Crippen LogP contribution in [0.5, 0.6) is 0 Å². The van der Waals surface area contributed by atoms with E-state index in [0.717, 1.165) is 66.5 Å². The van der Waals surface area contributed by atoms with E-state index in [9.17, 15) is 0 Å². The van der Waals surface area contributed by atoms with E-state index in [1.54, 1.807) is 18.2 Å². The molecule has 2 aliphatic rings. The molecule has 0 unspecified atom stereocenters. The van der Waals surface area contributed by atoms with Crippen LogP contribution >= 0.6 is 0 Å². The fourth-order valence-corrected chi connectivity index (χ4v) is 8.87. The van der Waals surface area contributed by atoms with Gasteiger partial charge in [-0.15, -0.1) is 0 Å². The summed E-state index contributed by atoms with van der Waals surface area (Å²) in [6.45, 7) is 4.51. The lowest BCUT2D eigenvalue weighted by atomic mass is 9.68. The first-order chi connectivity index (χ1) is 23.5. The van der Waals surface area contributed by atoms with Gasteiger partial charge in [0.1, 0.15) is 5.82 Å². The maximum absolute atomic E-state index is 15.5. The van der Waals surface area contributed by atoms with Gasteiger partial charge in [-0.05, 0) is 109 Å². The van der Waals surface area contributed by atoms with Gasteiger partial charge in [0.25, 0.3) is 0 Å². The van der Waals surface area contributed by atoms with Gasteiger partial charge in [0.15, 0.2) is 11.6 Å². The van der Waals surface area contributed by atoms with Crippen molar-refractivity contribution in [1.82, 2.24) is 0 Å². The first kappa shape index (κ1) is 36.7. The Hall–Kier alpha value is -2.55. The van der Waals surface area contributed by atoms with Crippen molar-refractivity contribution in [1.29, 1.82) is 0 Å². The molecular formula is C45H61F3. The number of rotatable bonds is 17. The van der Waals surface area contributed by atoms with Crippen LogP contribution in [-0.4, -0.2) is 0 Å². The molecule has 2 aliphatic carbocycles. The Morgan fingerprint density at radius 2 is 1.08 bits per heavy atom. The molecule has 48 heavy (non-hydrogen) atoms. The number of aryl methyl sites for hydroxylation is 1. The molecule has 5 rings (SSSR count). The molecule has 0 spiro atoms. The van der Waals surface area contributed by atoms with Gasteiger partial charge in [-0.3, -0.25) is 0 Å². The Bertz CT molecular complexity index is 1380. The van der Waals surface area contributed by atoms with E-state index in [2.05, 4.69) is 13.8 Å². The lowest BCUT2D eigenvalue weighted by molar-refractivity contribution is 0.155. The molecule has 0 radical (unpaired) electrons. The highest BCUT2D eigenvalue weighted by Crippen LogP contribution is 2.45. The first-order valence-corrected chi connectivity index (χ1v) is 19.9. The number of unbranched alkanes of at least 4 members (excludes halogenated alkanes) is 9. The molecule has 3 heteroatoms. The molecule has 0 bridgehead atoms. The molecule has 0 aromatic heterocycles. The van der Waals surface area contributed by atoms with E-state index in [0.29, 0.717) is 23.5 Å². The maximum Gasteiger partial charge on any atom is 0.166 e. The van der Waals surface area contributed by atoms with Crippen LogP contribution in [0.1, 0.15) is 159 Å². The topological polar surface area (TPSA) is 0 Å². The number of halogens is 3. The molecule has 3 aromatic rings. The Kier molecular flexibility index (Phi) is 14.5. The van der Waals surface area contributed by atoms with Gasteiger partial charge in [0.2, 0.25) is 0 Å². The second-order valence-corrected chi connectivity index (χ2v) is 15.3. The average molecular weight is 659 g/mol. The number of hydrogen-bond donors (Lipinski definition) is 0. The summed E-state index contributed by atoms with van der Waals surface area (Å²) in [7, 11) is 0. The van der Waals surface area contributed by atoms with Crippen LogP contribution in [0.2, 0.25) is 0 Å². The first-order valence-electron chi connectivity index (χ1n) is 19.9. The van der Waals surface area contributed by atoms with Crippen LogP contribution < -0.4 is 0 Å². The van der Waals surface area contributed by atoms with Gasteiger partial charge < -0.3 is 0 Å². The van der Waals surface area contributed by atoms with Crippen molar-refractivity contribution in [3.63, 3.8) is 0 Å². The van der Waals surface area contributed by atoms with Crippen LogP contribution in [0.25, 0.3) is 22.3 Å². The Morgan fingerprint density at radius 1 is 0.521 bits per heavy atom. The number of hydrogen-bond acceptors (Lipinski definition) is 0. The molecule has 0 atom stereocenters. The van der Waals surface area contributed by atoms with Crippen LogP contribution in [0.15, 0.2) is 54.6 Å². The third-order valence-corrected chi connectivity index (χ3v) is 12.0. The zero-order valence-electron chi connectivity index (χ0n) is 30.0. The standard InChI is InChI=1S/C45H61F3/c1-3-5-7-8-9-10-11-13-15-39-28-31-42(45(48)44(39)47)38-26-22-36(23-27-38)40-29-30-41(43(46)32-40)37-24-20-35(21-25-37)34-18-16-33(17-19-34)14-12-6-4-2/h22-23,26-35,37H,3-21,24-25H2,1-2H3. The quantitative estimate of drug-likeness (QED) is 0.127. The van der Waals surface area contributed by atoms with Crippen LogP contribution in [-0.2, 0) is 6.42 Å². The largest absolute Gasteiger partial charge is 0.207 e. The third-order valence-electron chi connectivity index (χ3n) is 12.0. The fraction of sp³-hybridized carbons (Fsp3) is 0.600. The van der Waals surface area contributed by atoms with Crippen molar-refractivity contribution in [3.05, 3.63) is 83.2 Å². The highest BCUT2D eigenvalue weighted by Gasteiger charge is 2.32. The van der Waals surface area contributed by atoms with Gasteiger partial charge in [0, 0.05) is 5.56 Å². The van der Waals surface area contributed by atoms with Crippen molar-refractivity contribution in [2.75, 3.05) is 0 Å². The summed E-state index contributed by atoms with van der Waals surface area (Å²) < 4.78 is 45.7. The molecule has 262 valence electrons. The second-order valence-electron chi connectivity index (χ2n) is 15.3. The van der Waals surface area contributed by atoms with Crippen molar-refractivity contribution in [2.24, 2.45) is 17.8 Å². The fourth-order valence-electron chi connectivity index (χ4n) is 8.87. The predicted molar refractivity (Wildman–Crippen MR) is 198 cm³/mol. The summed E-state index contributed by atoms with van der Waals surface area (Å²) in [6, 6.07) is 16.5. The predicted octanol–water partition coefficient (Wildman–Crippen LogP) is 14.8. The zero-order valence-corrected chi connectivity index (χ0v) is 30.0. The molecule has 2 saturated carbocycles. The Morgan fingerprint density at radius 3 is 1.73 bits per heavy atom. The van der Waals surface area contributed by atoms with Crippen LogP contribution in [0, 0.1) is 35.2 Å². The summed E-state index contributed by atoms with van der Waals surface area (Å²) >= 11 is 0. The SMILES string of the molecule is CCCCCCCCCCc1ccc(-c2ccc(-c3ccc(C4CCC(C5CCC(CCCCC)CC5)CC4)c(F)c3)cc2)c(F)c1F. The van der Waals surface area contributed by atoms with Crippen LogP contribution in [0.3, 0.4) is 0 Å². The monoisotopic (exact) mass is 658 g/mol. The summed E-state index contributed by atoms with van der Waals surface area (Å²) in [4.78, 5) is 0. The van der Waals surface area contributed by atoms with Crippen molar-refractivity contribution < 1.29 is 13.2 Å². The zero-order chi connectivity index (χ0) is 33.7. The highest BCUT2D eigenvalue weighted by atomic mass is 19.2. The Labute approximate surface area is 290 Å². The third kappa shape index (κ3) is 10.0. The molecule has 0 amide bonds. The van der Waals surface area contributed by atoms with E-state index < -0.39 is 11.6 Å². The minimum atomic E-state index is -0.778. The minimum Gasteiger partial charge on any atom is -0.207 e. The molecule has 0 saturated heterocycles. The van der Waals surface area contributed by atoms with Crippen molar-refractivity contribution >= 4 is 0 Å². The molecule has 0 N–H and O–H groups in total.